The standard InChI is InChI=1S/C13H16O4/c1-10(13(14)16-3)7-8-17-12-6-4-5-11(9-12)15-2/h4-7,9H,8H2,1-3H3. The lowest BCUT2D eigenvalue weighted by atomic mass is 10.3. The molecule has 0 aliphatic rings. The zero-order chi connectivity index (χ0) is 12.7. The minimum absolute atomic E-state index is 0.314. The maximum atomic E-state index is 11.1. The minimum atomic E-state index is -0.348. The molecule has 0 aromatic heterocycles. The summed E-state index contributed by atoms with van der Waals surface area (Å²) in [4.78, 5) is 11.1. The van der Waals surface area contributed by atoms with Crippen LogP contribution in [-0.2, 0) is 9.53 Å². The second-order valence-electron chi connectivity index (χ2n) is 3.37. The van der Waals surface area contributed by atoms with Crippen LogP contribution in [0.25, 0.3) is 0 Å². The number of carbonyl (C=O) groups is 1. The molecule has 0 bridgehead atoms. The number of carbonyl (C=O) groups excluding carboxylic acids is 1. The first kappa shape index (κ1) is 13.1. The van der Waals surface area contributed by atoms with Crippen LogP contribution in [0.15, 0.2) is 35.9 Å². The number of esters is 1. The van der Waals surface area contributed by atoms with Crippen molar-refractivity contribution in [3.05, 3.63) is 35.9 Å². The van der Waals surface area contributed by atoms with Gasteiger partial charge in [0.15, 0.2) is 0 Å². The Balaban J connectivity index is 2.53. The van der Waals surface area contributed by atoms with E-state index < -0.39 is 0 Å². The molecule has 0 amide bonds. The summed E-state index contributed by atoms with van der Waals surface area (Å²) in [5.41, 5.74) is 0.524. The van der Waals surface area contributed by atoms with Gasteiger partial charge in [-0.25, -0.2) is 4.79 Å². The third-order valence-corrected chi connectivity index (χ3v) is 2.19. The van der Waals surface area contributed by atoms with Crippen LogP contribution in [0.5, 0.6) is 11.5 Å². The average molecular weight is 236 g/mol. The Morgan fingerprint density at radius 3 is 2.65 bits per heavy atom. The fraction of sp³-hybridized carbons (Fsp3) is 0.308. The van der Waals surface area contributed by atoms with E-state index in [1.807, 2.05) is 18.2 Å². The van der Waals surface area contributed by atoms with E-state index in [1.54, 1.807) is 26.2 Å². The molecule has 0 fully saturated rings. The highest BCUT2D eigenvalue weighted by Gasteiger charge is 2.02. The van der Waals surface area contributed by atoms with Gasteiger partial charge in [0.2, 0.25) is 0 Å². The van der Waals surface area contributed by atoms with Gasteiger partial charge in [0.1, 0.15) is 18.1 Å². The maximum Gasteiger partial charge on any atom is 0.333 e. The van der Waals surface area contributed by atoms with Crippen molar-refractivity contribution in [2.75, 3.05) is 20.8 Å². The van der Waals surface area contributed by atoms with E-state index in [-0.39, 0.29) is 5.97 Å². The molecule has 1 aromatic rings. The summed E-state index contributed by atoms with van der Waals surface area (Å²) in [5, 5.41) is 0. The lowest BCUT2D eigenvalue weighted by Gasteiger charge is -2.05. The number of hydrogen-bond acceptors (Lipinski definition) is 4. The molecule has 0 aliphatic heterocycles. The van der Waals surface area contributed by atoms with Crippen molar-refractivity contribution in [3.63, 3.8) is 0 Å². The van der Waals surface area contributed by atoms with Crippen LogP contribution < -0.4 is 9.47 Å². The van der Waals surface area contributed by atoms with Crippen molar-refractivity contribution in [2.45, 2.75) is 6.92 Å². The smallest absolute Gasteiger partial charge is 0.333 e. The quantitative estimate of drug-likeness (QED) is 0.580. The largest absolute Gasteiger partial charge is 0.497 e. The highest BCUT2D eigenvalue weighted by molar-refractivity contribution is 5.87. The summed E-state index contributed by atoms with van der Waals surface area (Å²) in [6, 6.07) is 7.28. The Kier molecular flexibility index (Phi) is 5.07. The van der Waals surface area contributed by atoms with E-state index >= 15 is 0 Å². The molecule has 0 spiro atoms. The van der Waals surface area contributed by atoms with Crippen molar-refractivity contribution >= 4 is 5.97 Å². The molecule has 0 atom stereocenters. The van der Waals surface area contributed by atoms with Gasteiger partial charge in [-0.3, -0.25) is 0 Å². The second-order valence-corrected chi connectivity index (χ2v) is 3.37. The summed E-state index contributed by atoms with van der Waals surface area (Å²) in [6.45, 7) is 1.99. The SMILES string of the molecule is COC(=O)C(C)=CCOc1cccc(OC)c1. The van der Waals surface area contributed by atoms with Crippen molar-refractivity contribution in [1.82, 2.24) is 0 Å². The van der Waals surface area contributed by atoms with Crippen LogP contribution in [0.3, 0.4) is 0 Å². The zero-order valence-corrected chi connectivity index (χ0v) is 10.2. The first-order chi connectivity index (χ1) is 8.17. The molecule has 17 heavy (non-hydrogen) atoms. The summed E-state index contributed by atoms with van der Waals surface area (Å²) in [7, 11) is 2.95. The van der Waals surface area contributed by atoms with Crippen LogP contribution in [0.1, 0.15) is 6.92 Å². The van der Waals surface area contributed by atoms with Gasteiger partial charge in [-0.2, -0.15) is 0 Å². The molecule has 0 radical (unpaired) electrons. The van der Waals surface area contributed by atoms with E-state index in [0.717, 1.165) is 5.75 Å². The van der Waals surface area contributed by atoms with Crippen molar-refractivity contribution in [2.24, 2.45) is 0 Å². The van der Waals surface area contributed by atoms with Gasteiger partial charge in [0.05, 0.1) is 14.2 Å². The predicted molar refractivity (Wildman–Crippen MR) is 64.3 cm³/mol. The molecule has 4 heteroatoms. The van der Waals surface area contributed by atoms with Crippen molar-refractivity contribution in [1.29, 1.82) is 0 Å². The molecule has 0 heterocycles. The van der Waals surface area contributed by atoms with Crippen molar-refractivity contribution in [3.8, 4) is 11.5 Å². The van der Waals surface area contributed by atoms with Crippen LogP contribution in [0, 0.1) is 0 Å². The average Bonchev–Trinajstić information content (AvgIpc) is 2.37. The lowest BCUT2D eigenvalue weighted by Crippen LogP contribution is -2.04. The Morgan fingerprint density at radius 1 is 1.29 bits per heavy atom. The fourth-order valence-corrected chi connectivity index (χ4v) is 1.20. The summed E-state index contributed by atoms with van der Waals surface area (Å²) < 4.78 is 15.1. The molecular formula is C13H16O4. The van der Waals surface area contributed by atoms with E-state index in [2.05, 4.69) is 4.74 Å². The number of benzene rings is 1. The molecule has 1 rings (SSSR count). The van der Waals surface area contributed by atoms with Crippen LogP contribution >= 0.6 is 0 Å². The van der Waals surface area contributed by atoms with Gasteiger partial charge in [-0.15, -0.1) is 0 Å². The Labute approximate surface area is 101 Å². The number of ether oxygens (including phenoxy) is 3. The topological polar surface area (TPSA) is 44.8 Å². The Hall–Kier alpha value is -1.97. The molecule has 4 nitrogen and oxygen atoms in total. The van der Waals surface area contributed by atoms with Crippen LogP contribution in [0.4, 0.5) is 0 Å². The molecule has 0 N–H and O–H groups in total. The molecule has 0 unspecified atom stereocenters. The first-order valence-electron chi connectivity index (χ1n) is 5.19. The van der Waals surface area contributed by atoms with Gasteiger partial charge in [0.25, 0.3) is 0 Å². The third-order valence-electron chi connectivity index (χ3n) is 2.19. The van der Waals surface area contributed by atoms with Gasteiger partial charge >= 0.3 is 5.97 Å². The summed E-state index contributed by atoms with van der Waals surface area (Å²) in [5.74, 6) is 1.08. The summed E-state index contributed by atoms with van der Waals surface area (Å²) in [6.07, 6.45) is 1.67. The van der Waals surface area contributed by atoms with E-state index in [0.29, 0.717) is 17.9 Å². The predicted octanol–water partition coefficient (Wildman–Crippen LogP) is 2.19. The van der Waals surface area contributed by atoms with Gasteiger partial charge < -0.3 is 14.2 Å². The Bertz CT molecular complexity index is 410. The first-order valence-corrected chi connectivity index (χ1v) is 5.19. The van der Waals surface area contributed by atoms with E-state index in [9.17, 15) is 4.79 Å². The summed E-state index contributed by atoms with van der Waals surface area (Å²) >= 11 is 0. The van der Waals surface area contributed by atoms with Crippen LogP contribution in [0.2, 0.25) is 0 Å². The molecule has 1 aromatic carbocycles. The number of methoxy groups -OCH3 is 2. The van der Waals surface area contributed by atoms with E-state index in [4.69, 9.17) is 9.47 Å². The molecule has 92 valence electrons. The number of rotatable bonds is 5. The highest BCUT2D eigenvalue weighted by atomic mass is 16.5. The zero-order valence-electron chi connectivity index (χ0n) is 10.2. The van der Waals surface area contributed by atoms with Gasteiger partial charge in [0, 0.05) is 11.6 Å². The van der Waals surface area contributed by atoms with Gasteiger partial charge in [-0.1, -0.05) is 6.07 Å². The number of hydrogen-bond donors (Lipinski definition) is 0. The fourth-order valence-electron chi connectivity index (χ4n) is 1.20. The van der Waals surface area contributed by atoms with E-state index in [1.165, 1.54) is 7.11 Å². The second kappa shape index (κ2) is 6.58. The van der Waals surface area contributed by atoms with Crippen LogP contribution in [-0.4, -0.2) is 26.8 Å². The maximum absolute atomic E-state index is 11.1. The monoisotopic (exact) mass is 236 g/mol. The Morgan fingerprint density at radius 2 is 2.00 bits per heavy atom. The highest BCUT2D eigenvalue weighted by Crippen LogP contribution is 2.18. The molecule has 0 aliphatic carbocycles. The molecular weight excluding hydrogens is 220 g/mol. The molecule has 0 saturated carbocycles. The minimum Gasteiger partial charge on any atom is -0.497 e. The lowest BCUT2D eigenvalue weighted by molar-refractivity contribution is -0.136. The van der Waals surface area contributed by atoms with Gasteiger partial charge in [-0.05, 0) is 25.1 Å². The third kappa shape index (κ3) is 4.18. The van der Waals surface area contributed by atoms with Crippen molar-refractivity contribution < 1.29 is 19.0 Å². The normalized spacial score (nSPS) is 10.9. The molecule has 0 saturated heterocycles.